The lowest BCUT2D eigenvalue weighted by Crippen LogP contribution is -2.20. The van der Waals surface area contributed by atoms with Gasteiger partial charge in [0, 0.05) is 30.8 Å². The number of hydrogen-bond donors (Lipinski definition) is 0. The molecule has 2 aromatic rings. The van der Waals surface area contributed by atoms with Gasteiger partial charge in [0.1, 0.15) is 5.82 Å². The van der Waals surface area contributed by atoms with E-state index in [1.165, 1.54) is 20.0 Å². The average Bonchev–Trinajstić information content (AvgIpc) is 3.55. The van der Waals surface area contributed by atoms with Crippen LogP contribution in [0.15, 0.2) is 30.3 Å². The minimum Gasteiger partial charge on any atom is -0.478 e. The standard InChI is InChI=1S/C19H22N4O2.C2H4O2.C2H6/c1-2-25-18-7-5-6-15(20-18)16-12-17(23-9-3-4-10-23)22-19(21-16)14-8-11-24-13-14;1-4-2-3;1-2/h5-8,12H,2-4,9-11,13H2,1H3;2H,1H3;1-2H3. The minimum absolute atomic E-state index is 0.375. The average molecular weight is 429 g/mol. The van der Waals surface area contributed by atoms with Gasteiger partial charge in [-0.25, -0.2) is 15.0 Å². The number of carbonyl (C=O) groups excluding carboxylic acids is 1. The van der Waals surface area contributed by atoms with Crippen molar-refractivity contribution in [2.24, 2.45) is 0 Å². The minimum atomic E-state index is 0.375. The SMILES string of the molecule is CC.CCOc1cccc(-c2cc(N3CCCC3)nc(C3=CCOC3)n2)n1.COC=O. The molecule has 0 saturated carbocycles. The number of carbonyl (C=O) groups is 1. The lowest BCUT2D eigenvalue weighted by Gasteiger charge is -2.18. The van der Waals surface area contributed by atoms with Crippen LogP contribution >= 0.6 is 0 Å². The summed E-state index contributed by atoms with van der Waals surface area (Å²) in [6.45, 7) is 10.2. The monoisotopic (exact) mass is 428 g/mol. The van der Waals surface area contributed by atoms with Crippen molar-refractivity contribution < 1.29 is 19.0 Å². The maximum atomic E-state index is 8.95. The van der Waals surface area contributed by atoms with Gasteiger partial charge in [-0.2, -0.15) is 0 Å². The number of rotatable bonds is 6. The van der Waals surface area contributed by atoms with Crippen LogP contribution in [0.3, 0.4) is 0 Å². The molecule has 0 atom stereocenters. The Morgan fingerprint density at radius 2 is 1.87 bits per heavy atom. The lowest BCUT2D eigenvalue weighted by atomic mass is 10.2. The van der Waals surface area contributed by atoms with E-state index in [0.29, 0.717) is 32.2 Å². The summed E-state index contributed by atoms with van der Waals surface area (Å²) in [6.07, 6.45) is 4.47. The summed E-state index contributed by atoms with van der Waals surface area (Å²) in [7, 11) is 1.31. The van der Waals surface area contributed by atoms with E-state index in [1.54, 1.807) is 0 Å². The topological polar surface area (TPSA) is 86.7 Å². The molecule has 0 aromatic carbocycles. The third-order valence-corrected chi connectivity index (χ3v) is 4.51. The molecule has 168 valence electrons. The molecule has 0 aliphatic carbocycles. The highest BCUT2D eigenvalue weighted by molar-refractivity contribution is 5.68. The highest BCUT2D eigenvalue weighted by Crippen LogP contribution is 2.27. The molecule has 8 heteroatoms. The van der Waals surface area contributed by atoms with Crippen LogP contribution in [0.4, 0.5) is 5.82 Å². The van der Waals surface area contributed by atoms with Gasteiger partial charge in [-0.3, -0.25) is 4.79 Å². The van der Waals surface area contributed by atoms with Crippen molar-refractivity contribution in [3.63, 3.8) is 0 Å². The molecule has 1 saturated heterocycles. The Kier molecular flexibility index (Phi) is 10.4. The largest absolute Gasteiger partial charge is 0.478 e. The number of methoxy groups -OCH3 is 1. The summed E-state index contributed by atoms with van der Waals surface area (Å²) in [6, 6.07) is 7.80. The third-order valence-electron chi connectivity index (χ3n) is 4.51. The van der Waals surface area contributed by atoms with Crippen LogP contribution in [-0.2, 0) is 14.3 Å². The number of ether oxygens (including phenoxy) is 3. The van der Waals surface area contributed by atoms with E-state index in [4.69, 9.17) is 24.2 Å². The number of anilines is 1. The zero-order chi connectivity index (χ0) is 22.5. The van der Waals surface area contributed by atoms with Crippen LogP contribution in [0.5, 0.6) is 5.88 Å². The predicted molar refractivity (Wildman–Crippen MR) is 121 cm³/mol. The van der Waals surface area contributed by atoms with Gasteiger partial charge in [-0.05, 0) is 31.9 Å². The van der Waals surface area contributed by atoms with E-state index < -0.39 is 0 Å². The molecule has 0 N–H and O–H groups in total. The summed E-state index contributed by atoms with van der Waals surface area (Å²) >= 11 is 0. The lowest BCUT2D eigenvalue weighted by molar-refractivity contribution is -0.126. The summed E-state index contributed by atoms with van der Waals surface area (Å²) in [5.74, 6) is 2.32. The Labute approximate surface area is 184 Å². The van der Waals surface area contributed by atoms with Crippen LogP contribution < -0.4 is 9.64 Å². The molecule has 2 aliphatic rings. The van der Waals surface area contributed by atoms with Crippen molar-refractivity contribution in [3.8, 4) is 17.3 Å². The van der Waals surface area contributed by atoms with E-state index in [9.17, 15) is 0 Å². The van der Waals surface area contributed by atoms with Gasteiger partial charge in [0.2, 0.25) is 5.88 Å². The Hall–Kier alpha value is -3.00. The van der Waals surface area contributed by atoms with Crippen molar-refractivity contribution in [2.45, 2.75) is 33.6 Å². The molecule has 0 bridgehead atoms. The Bertz CT molecular complexity index is 851. The van der Waals surface area contributed by atoms with Gasteiger partial charge in [0.15, 0.2) is 5.82 Å². The quantitative estimate of drug-likeness (QED) is 0.643. The Morgan fingerprint density at radius 1 is 1.13 bits per heavy atom. The molecule has 4 heterocycles. The first-order chi connectivity index (χ1) is 15.2. The molecule has 4 rings (SSSR count). The molecular formula is C23H32N4O4. The van der Waals surface area contributed by atoms with Crippen LogP contribution in [0, 0.1) is 0 Å². The molecule has 0 unspecified atom stereocenters. The van der Waals surface area contributed by atoms with E-state index in [-0.39, 0.29) is 0 Å². The van der Waals surface area contributed by atoms with E-state index >= 15 is 0 Å². The van der Waals surface area contributed by atoms with Gasteiger partial charge in [-0.15, -0.1) is 0 Å². The molecule has 8 nitrogen and oxygen atoms in total. The van der Waals surface area contributed by atoms with Gasteiger partial charge in [0.25, 0.3) is 6.47 Å². The van der Waals surface area contributed by atoms with Crippen molar-refractivity contribution in [2.75, 3.05) is 44.9 Å². The number of pyridine rings is 1. The van der Waals surface area contributed by atoms with E-state index in [2.05, 4.69) is 20.7 Å². The second kappa shape index (κ2) is 13.3. The summed E-state index contributed by atoms with van der Waals surface area (Å²) in [5.41, 5.74) is 2.67. The second-order valence-electron chi connectivity index (χ2n) is 6.50. The fourth-order valence-electron chi connectivity index (χ4n) is 3.15. The Balaban J connectivity index is 0.000000513. The van der Waals surface area contributed by atoms with Crippen LogP contribution in [0.1, 0.15) is 39.4 Å². The zero-order valence-electron chi connectivity index (χ0n) is 18.8. The van der Waals surface area contributed by atoms with Gasteiger partial charge in [0.05, 0.1) is 38.3 Å². The molecule has 0 amide bonds. The normalized spacial score (nSPS) is 14.6. The van der Waals surface area contributed by atoms with Crippen molar-refractivity contribution in [1.29, 1.82) is 0 Å². The van der Waals surface area contributed by atoms with Gasteiger partial charge < -0.3 is 19.1 Å². The molecule has 0 spiro atoms. The highest BCUT2D eigenvalue weighted by Gasteiger charge is 2.19. The maximum Gasteiger partial charge on any atom is 0.292 e. The van der Waals surface area contributed by atoms with Gasteiger partial charge >= 0.3 is 0 Å². The van der Waals surface area contributed by atoms with E-state index in [1.807, 2.05) is 45.0 Å². The van der Waals surface area contributed by atoms with Crippen LogP contribution in [0.2, 0.25) is 0 Å². The fraction of sp³-hybridized carbons (Fsp3) is 0.478. The number of nitrogens with zero attached hydrogens (tertiary/aromatic N) is 4. The van der Waals surface area contributed by atoms with Crippen molar-refractivity contribution in [1.82, 2.24) is 15.0 Å². The first kappa shape index (κ1) is 24.3. The maximum absolute atomic E-state index is 8.95. The molecule has 2 aromatic heterocycles. The first-order valence-electron chi connectivity index (χ1n) is 10.7. The van der Waals surface area contributed by atoms with Crippen molar-refractivity contribution in [3.05, 3.63) is 36.2 Å². The van der Waals surface area contributed by atoms with E-state index in [0.717, 1.165) is 41.7 Å². The second-order valence-corrected chi connectivity index (χ2v) is 6.50. The molecular weight excluding hydrogens is 396 g/mol. The first-order valence-corrected chi connectivity index (χ1v) is 10.7. The van der Waals surface area contributed by atoms with Crippen LogP contribution in [-0.4, -0.2) is 61.4 Å². The summed E-state index contributed by atoms with van der Waals surface area (Å²) in [5, 5.41) is 0. The Morgan fingerprint density at radius 3 is 2.48 bits per heavy atom. The summed E-state index contributed by atoms with van der Waals surface area (Å²) < 4.78 is 14.8. The fourth-order valence-corrected chi connectivity index (χ4v) is 3.15. The number of hydrogen-bond acceptors (Lipinski definition) is 8. The molecule has 1 fully saturated rings. The van der Waals surface area contributed by atoms with Gasteiger partial charge in [-0.1, -0.05) is 19.9 Å². The molecule has 2 aliphatic heterocycles. The van der Waals surface area contributed by atoms with Crippen LogP contribution in [0.25, 0.3) is 17.0 Å². The molecule has 0 radical (unpaired) electrons. The van der Waals surface area contributed by atoms with Crippen molar-refractivity contribution >= 4 is 17.9 Å². The highest BCUT2D eigenvalue weighted by atomic mass is 16.5. The predicted octanol–water partition coefficient (Wildman–Crippen LogP) is 3.77. The molecule has 31 heavy (non-hydrogen) atoms. The summed E-state index contributed by atoms with van der Waals surface area (Å²) in [4.78, 5) is 25.4. The third kappa shape index (κ3) is 7.03. The smallest absolute Gasteiger partial charge is 0.292 e. The zero-order valence-corrected chi connectivity index (χ0v) is 18.8. The number of aromatic nitrogens is 3.